The average Bonchev–Trinajstić information content (AvgIpc) is 3.39. The van der Waals surface area contributed by atoms with Crippen molar-refractivity contribution in [2.45, 2.75) is 95.1 Å². The normalized spacial score (nSPS) is 24.6. The van der Waals surface area contributed by atoms with Crippen molar-refractivity contribution in [2.75, 3.05) is 11.9 Å². The minimum atomic E-state index is -1.08. The predicted molar refractivity (Wildman–Crippen MR) is 195 cm³/mol. The Balaban J connectivity index is 1.13. The number of carboxylic acids is 1. The van der Waals surface area contributed by atoms with Gasteiger partial charge in [-0.15, -0.1) is 0 Å². The summed E-state index contributed by atoms with van der Waals surface area (Å²) in [4.78, 5) is 17.6. The molecule has 3 aromatic carbocycles. The molecule has 6 nitrogen and oxygen atoms in total. The van der Waals surface area contributed by atoms with Crippen molar-refractivity contribution in [1.82, 2.24) is 4.98 Å². The third-order valence-corrected chi connectivity index (χ3v) is 11.8. The first kappa shape index (κ1) is 34.4. The third-order valence-electron chi connectivity index (χ3n) is 11.6. The van der Waals surface area contributed by atoms with Gasteiger partial charge in [0.25, 0.3) is 0 Å². The third kappa shape index (κ3) is 6.94. The number of hydrogen-bond donors (Lipinski definition) is 2. The van der Waals surface area contributed by atoms with Crippen LogP contribution in [0.4, 0.5) is 10.1 Å². The van der Waals surface area contributed by atoms with Crippen molar-refractivity contribution >= 4 is 23.3 Å². The number of rotatable bonds is 11. The van der Waals surface area contributed by atoms with E-state index in [1.807, 2.05) is 24.4 Å². The Morgan fingerprint density at radius 1 is 1.06 bits per heavy atom. The molecule has 0 aliphatic heterocycles. The van der Waals surface area contributed by atoms with Crippen LogP contribution in [-0.2, 0) is 29.7 Å². The van der Waals surface area contributed by atoms with Gasteiger partial charge >= 0.3 is 5.97 Å². The lowest BCUT2D eigenvalue weighted by atomic mass is 9.59. The molecule has 1 saturated carbocycles. The standard InChI is InChI=1S/C42H46ClFN2O4/c1-27(25-50-38-15-20-45-37-8-3-5-28(2)39(37)38)21-31-23-30-10-9-29(26-49-35-13-11-33(44)12-14-35)22-36(30)41(31)16-18-42(19-17-41,40(47)48)46-34-7-4-6-32(43)24-34/h4,6-7,9-15,20,22,24,27-28,31,46H,3,5,8,16-19,21,23,25-26H2,1-2H3,(H,47,48)/t27-,28-,31?,41?,42?/m1/s1. The number of hydrogen-bond acceptors (Lipinski definition) is 5. The number of pyridine rings is 1. The molecular formula is C42H46ClFN2O4. The zero-order valence-corrected chi connectivity index (χ0v) is 29.6. The molecule has 1 aromatic heterocycles. The van der Waals surface area contributed by atoms with Crippen LogP contribution in [0.1, 0.15) is 92.7 Å². The number of fused-ring (bicyclic) bond motifs is 3. The van der Waals surface area contributed by atoms with E-state index in [2.05, 4.69) is 42.3 Å². The van der Waals surface area contributed by atoms with Crippen LogP contribution in [0.2, 0.25) is 5.02 Å². The molecule has 4 aromatic rings. The van der Waals surface area contributed by atoms with Gasteiger partial charge in [-0.05, 0) is 146 Å². The molecule has 8 heteroatoms. The topological polar surface area (TPSA) is 80.7 Å². The number of aliphatic carboxylic acids is 1. The quantitative estimate of drug-likeness (QED) is 0.163. The zero-order valence-electron chi connectivity index (χ0n) is 28.9. The van der Waals surface area contributed by atoms with E-state index in [-0.39, 0.29) is 11.2 Å². The van der Waals surface area contributed by atoms with E-state index in [1.165, 1.54) is 40.9 Å². The van der Waals surface area contributed by atoms with E-state index in [1.54, 1.807) is 24.3 Å². The zero-order chi connectivity index (χ0) is 34.9. The first-order valence-electron chi connectivity index (χ1n) is 18.0. The Hall–Kier alpha value is -4.10. The monoisotopic (exact) mass is 696 g/mol. The second kappa shape index (κ2) is 14.3. The molecule has 0 bridgehead atoms. The van der Waals surface area contributed by atoms with Crippen molar-refractivity contribution in [3.63, 3.8) is 0 Å². The van der Waals surface area contributed by atoms with Crippen LogP contribution in [0.15, 0.2) is 79.0 Å². The number of aryl methyl sites for hydroxylation is 1. The number of halogens is 2. The molecule has 262 valence electrons. The average molecular weight is 697 g/mol. The Bertz CT molecular complexity index is 1840. The van der Waals surface area contributed by atoms with Gasteiger partial charge in [0.1, 0.15) is 29.5 Å². The highest BCUT2D eigenvalue weighted by Gasteiger charge is 2.54. The lowest BCUT2D eigenvalue weighted by Crippen LogP contribution is -2.53. The van der Waals surface area contributed by atoms with Crippen LogP contribution in [0.5, 0.6) is 11.5 Å². The molecule has 3 aliphatic carbocycles. The Morgan fingerprint density at radius 3 is 2.62 bits per heavy atom. The fraction of sp³-hybridized carbons (Fsp3) is 0.429. The van der Waals surface area contributed by atoms with Crippen LogP contribution < -0.4 is 14.8 Å². The van der Waals surface area contributed by atoms with Crippen molar-refractivity contribution in [2.24, 2.45) is 11.8 Å². The summed E-state index contributed by atoms with van der Waals surface area (Å²) in [5.74, 6) is 1.55. The van der Waals surface area contributed by atoms with Crippen molar-refractivity contribution in [3.8, 4) is 11.5 Å². The first-order chi connectivity index (χ1) is 24.1. The number of ether oxygens (including phenoxy) is 2. The van der Waals surface area contributed by atoms with Gasteiger partial charge < -0.3 is 19.9 Å². The maximum Gasteiger partial charge on any atom is 0.329 e. The molecule has 1 unspecified atom stereocenters. The summed E-state index contributed by atoms with van der Waals surface area (Å²) in [6.45, 7) is 5.54. The van der Waals surface area contributed by atoms with Gasteiger partial charge in [-0.2, -0.15) is 0 Å². The van der Waals surface area contributed by atoms with Gasteiger partial charge in [0.15, 0.2) is 0 Å². The molecule has 1 spiro atoms. The van der Waals surface area contributed by atoms with Crippen LogP contribution >= 0.6 is 11.6 Å². The Morgan fingerprint density at radius 2 is 1.86 bits per heavy atom. The first-order valence-corrected chi connectivity index (χ1v) is 18.4. The van der Waals surface area contributed by atoms with Crippen molar-refractivity contribution in [3.05, 3.63) is 118 Å². The second-order valence-electron chi connectivity index (χ2n) is 14.9. The summed E-state index contributed by atoms with van der Waals surface area (Å²) in [5.41, 5.74) is 5.61. The maximum absolute atomic E-state index is 13.5. The summed E-state index contributed by atoms with van der Waals surface area (Å²) < 4.78 is 26.1. The molecule has 2 N–H and O–H groups in total. The number of nitrogens with zero attached hydrogens (tertiary/aromatic N) is 1. The lowest BCUT2D eigenvalue weighted by molar-refractivity contribution is -0.144. The van der Waals surface area contributed by atoms with Crippen LogP contribution in [0.25, 0.3) is 0 Å². The molecule has 0 amide bonds. The molecular weight excluding hydrogens is 651 g/mol. The van der Waals surface area contributed by atoms with Crippen molar-refractivity contribution < 1.29 is 23.8 Å². The van der Waals surface area contributed by atoms with E-state index in [9.17, 15) is 14.3 Å². The summed E-state index contributed by atoms with van der Waals surface area (Å²) in [7, 11) is 0. The molecule has 1 heterocycles. The Labute approximate surface area is 299 Å². The number of anilines is 1. The van der Waals surface area contributed by atoms with E-state index >= 15 is 0 Å². The number of benzene rings is 3. The van der Waals surface area contributed by atoms with Crippen molar-refractivity contribution in [1.29, 1.82) is 0 Å². The van der Waals surface area contributed by atoms with Crippen LogP contribution in [-0.4, -0.2) is 28.2 Å². The highest BCUT2D eigenvalue weighted by Crippen LogP contribution is 2.56. The minimum absolute atomic E-state index is 0.172. The molecule has 50 heavy (non-hydrogen) atoms. The fourth-order valence-electron chi connectivity index (χ4n) is 8.93. The molecule has 0 saturated heterocycles. The van der Waals surface area contributed by atoms with Gasteiger partial charge in [-0.1, -0.05) is 49.7 Å². The molecule has 3 atom stereocenters. The summed E-state index contributed by atoms with van der Waals surface area (Å²) in [6.07, 6.45) is 9.62. The summed E-state index contributed by atoms with van der Waals surface area (Å²) >= 11 is 6.28. The van der Waals surface area contributed by atoms with Crippen LogP contribution in [0, 0.1) is 17.7 Å². The van der Waals surface area contributed by atoms with E-state index < -0.39 is 11.5 Å². The van der Waals surface area contributed by atoms with Gasteiger partial charge in [0.2, 0.25) is 0 Å². The summed E-state index contributed by atoms with van der Waals surface area (Å²) in [6, 6.07) is 22.1. The van der Waals surface area contributed by atoms with E-state index in [4.69, 9.17) is 21.1 Å². The maximum atomic E-state index is 13.5. The molecule has 3 aliphatic rings. The predicted octanol–water partition coefficient (Wildman–Crippen LogP) is 9.92. The van der Waals surface area contributed by atoms with Gasteiger partial charge in [0.05, 0.1) is 6.61 Å². The SMILES string of the molecule is C[C@@H](COc1ccnc2c1[C@H](C)CCC2)CC1Cc2ccc(COc3ccc(F)cc3)cc2C12CCC(Nc1cccc(Cl)c1)(C(=O)O)CC2. The Kier molecular flexibility index (Phi) is 9.80. The van der Waals surface area contributed by atoms with Gasteiger partial charge in [0, 0.05) is 28.2 Å². The molecule has 7 rings (SSSR count). The molecule has 0 radical (unpaired) electrons. The van der Waals surface area contributed by atoms with E-state index in [0.717, 1.165) is 55.5 Å². The molecule has 1 fully saturated rings. The van der Waals surface area contributed by atoms with Crippen LogP contribution in [0.3, 0.4) is 0 Å². The lowest BCUT2D eigenvalue weighted by Gasteiger charge is -2.47. The second-order valence-corrected chi connectivity index (χ2v) is 15.4. The smallest absolute Gasteiger partial charge is 0.329 e. The highest BCUT2D eigenvalue weighted by molar-refractivity contribution is 6.30. The van der Waals surface area contributed by atoms with E-state index in [0.29, 0.717) is 54.6 Å². The number of aromatic nitrogens is 1. The van der Waals surface area contributed by atoms with Gasteiger partial charge in [-0.3, -0.25) is 4.98 Å². The fourth-order valence-corrected chi connectivity index (χ4v) is 9.12. The largest absolute Gasteiger partial charge is 0.493 e. The van der Waals surface area contributed by atoms with Gasteiger partial charge in [-0.25, -0.2) is 9.18 Å². The highest BCUT2D eigenvalue weighted by atomic mass is 35.5. The number of carboxylic acid groups (broad SMARTS) is 1. The number of carbonyl (C=O) groups is 1. The number of nitrogens with one attached hydrogen (secondary N) is 1. The summed E-state index contributed by atoms with van der Waals surface area (Å²) in [5, 5.41) is 14.6. The minimum Gasteiger partial charge on any atom is -0.493 e.